The van der Waals surface area contributed by atoms with Crippen LogP contribution in [0.15, 0.2) is 0 Å². The first-order valence-corrected chi connectivity index (χ1v) is 44.3. The zero-order chi connectivity index (χ0) is 67.7. The number of rotatable bonds is 85. The van der Waals surface area contributed by atoms with E-state index in [0.29, 0.717) is 25.9 Å². The smallest absolute Gasteiger partial charge is 0.305 e. The Hall–Kier alpha value is -1.14. The quantitative estimate of drug-likeness (QED) is 0.0417. The van der Waals surface area contributed by atoms with E-state index in [-0.39, 0.29) is 18.5 Å². The van der Waals surface area contributed by atoms with Gasteiger partial charge in [0, 0.05) is 12.8 Å². The highest BCUT2D eigenvalue weighted by molar-refractivity contribution is 5.76. The van der Waals surface area contributed by atoms with Gasteiger partial charge in [-0.2, -0.15) is 0 Å². The Morgan fingerprint density at radius 2 is 0.436 bits per heavy atom. The van der Waals surface area contributed by atoms with Crippen molar-refractivity contribution in [2.24, 2.45) is 0 Å². The van der Waals surface area contributed by atoms with Crippen molar-refractivity contribution in [1.29, 1.82) is 0 Å². The van der Waals surface area contributed by atoms with E-state index >= 15 is 0 Å². The molecule has 94 heavy (non-hydrogen) atoms. The molecule has 0 aliphatic heterocycles. The number of aliphatic hydroxyl groups excluding tert-OH is 2. The first kappa shape index (κ1) is 92.9. The van der Waals surface area contributed by atoms with Gasteiger partial charge in [0.1, 0.15) is 0 Å². The van der Waals surface area contributed by atoms with E-state index in [1.807, 2.05) is 0 Å². The van der Waals surface area contributed by atoms with Crippen molar-refractivity contribution in [3.8, 4) is 0 Å². The fourth-order valence-electron chi connectivity index (χ4n) is 14.7. The number of hydrogen-bond donors (Lipinski definition) is 3. The van der Waals surface area contributed by atoms with E-state index in [9.17, 15) is 19.8 Å². The summed E-state index contributed by atoms with van der Waals surface area (Å²) in [5.41, 5.74) is 0. The second-order valence-corrected chi connectivity index (χ2v) is 30.9. The molecule has 0 aromatic heterocycles. The van der Waals surface area contributed by atoms with Gasteiger partial charge in [-0.3, -0.25) is 9.59 Å². The topological polar surface area (TPSA) is 95.9 Å². The summed E-state index contributed by atoms with van der Waals surface area (Å²) < 4.78 is 5.50. The van der Waals surface area contributed by atoms with Crippen LogP contribution in [-0.4, -0.2) is 47.4 Å². The predicted molar refractivity (Wildman–Crippen MR) is 417 cm³/mol. The normalized spacial score (nSPS) is 12.3. The van der Waals surface area contributed by atoms with Gasteiger partial charge in [0.05, 0.1) is 25.4 Å². The highest BCUT2D eigenvalue weighted by Gasteiger charge is 2.20. The molecule has 0 spiro atoms. The third-order valence-corrected chi connectivity index (χ3v) is 21.4. The maximum atomic E-state index is 12.6. The van der Waals surface area contributed by atoms with Gasteiger partial charge >= 0.3 is 5.97 Å². The van der Waals surface area contributed by atoms with Crippen molar-refractivity contribution in [2.45, 2.75) is 540 Å². The zero-order valence-electron chi connectivity index (χ0n) is 64.8. The summed E-state index contributed by atoms with van der Waals surface area (Å²) in [6.45, 7) is 5.03. The van der Waals surface area contributed by atoms with E-state index in [0.717, 1.165) is 38.5 Å². The molecule has 6 nitrogen and oxygen atoms in total. The first-order chi connectivity index (χ1) is 46.5. The maximum Gasteiger partial charge on any atom is 0.305 e. The summed E-state index contributed by atoms with van der Waals surface area (Å²) in [6, 6.07) is -0.537. The molecule has 0 saturated heterocycles. The van der Waals surface area contributed by atoms with Crippen LogP contribution in [0.4, 0.5) is 0 Å². The Kier molecular flexibility index (Phi) is 83.3. The lowest BCUT2D eigenvalue weighted by Gasteiger charge is -2.22. The van der Waals surface area contributed by atoms with Crippen molar-refractivity contribution in [2.75, 3.05) is 13.2 Å². The van der Waals surface area contributed by atoms with Crippen LogP contribution in [-0.2, 0) is 14.3 Å². The molecule has 6 heteroatoms. The molecule has 3 N–H and O–H groups in total. The molecule has 0 heterocycles. The molecule has 2 atom stereocenters. The lowest BCUT2D eigenvalue weighted by atomic mass is 10.0. The minimum absolute atomic E-state index is 0.0216. The number of amides is 1. The third-order valence-electron chi connectivity index (χ3n) is 21.4. The van der Waals surface area contributed by atoms with Crippen LogP contribution in [0.2, 0.25) is 0 Å². The van der Waals surface area contributed by atoms with Crippen LogP contribution >= 0.6 is 0 Å². The molecule has 0 aromatic carbocycles. The van der Waals surface area contributed by atoms with Crippen molar-refractivity contribution >= 4 is 11.9 Å². The number of carbonyl (C=O) groups is 2. The van der Waals surface area contributed by atoms with Gasteiger partial charge in [-0.15, -0.1) is 0 Å². The van der Waals surface area contributed by atoms with E-state index in [1.165, 1.54) is 456 Å². The van der Waals surface area contributed by atoms with Crippen molar-refractivity contribution in [3.63, 3.8) is 0 Å². The molecular formula is C88H175NO5. The summed E-state index contributed by atoms with van der Waals surface area (Å²) in [5.74, 6) is 0.00563. The summed E-state index contributed by atoms with van der Waals surface area (Å²) in [5, 5.41) is 23.5. The standard InChI is InChI=1S/C88H175NO5/c1-3-5-7-9-11-13-15-17-18-19-20-21-22-38-41-44-47-50-53-57-60-64-68-72-76-80-86(91)85(84-90)89-87(92)81-77-73-69-65-61-58-54-51-48-45-42-39-36-34-32-30-28-26-24-23-25-27-29-31-33-35-37-40-43-46-49-52-55-59-63-67-71-75-79-83-94-88(93)82-78-74-70-66-62-56-16-14-12-10-8-6-4-2/h85-86,90-91H,3-84H2,1-2H3,(H,89,92). The van der Waals surface area contributed by atoms with Gasteiger partial charge in [0.2, 0.25) is 5.91 Å². The molecule has 0 fully saturated rings. The highest BCUT2D eigenvalue weighted by atomic mass is 16.5. The minimum atomic E-state index is -0.661. The first-order valence-electron chi connectivity index (χ1n) is 44.3. The second-order valence-electron chi connectivity index (χ2n) is 30.9. The maximum absolute atomic E-state index is 12.6. The summed E-state index contributed by atoms with van der Waals surface area (Å²) >= 11 is 0. The minimum Gasteiger partial charge on any atom is -0.466 e. The molecule has 0 aliphatic carbocycles. The number of ether oxygens (including phenoxy) is 1. The van der Waals surface area contributed by atoms with Gasteiger partial charge < -0.3 is 20.3 Å². The van der Waals surface area contributed by atoms with Crippen LogP contribution in [0.1, 0.15) is 528 Å². The lowest BCUT2D eigenvalue weighted by molar-refractivity contribution is -0.143. The predicted octanol–water partition coefficient (Wildman–Crippen LogP) is 29.6. The number of hydrogen-bond acceptors (Lipinski definition) is 5. The highest BCUT2D eigenvalue weighted by Crippen LogP contribution is 2.22. The van der Waals surface area contributed by atoms with Crippen molar-refractivity contribution < 1.29 is 24.5 Å². The van der Waals surface area contributed by atoms with Gasteiger partial charge in [-0.25, -0.2) is 0 Å². The van der Waals surface area contributed by atoms with Gasteiger partial charge in [0.25, 0.3) is 0 Å². The molecule has 0 aliphatic rings. The van der Waals surface area contributed by atoms with Crippen LogP contribution in [0, 0.1) is 0 Å². The van der Waals surface area contributed by atoms with Crippen molar-refractivity contribution in [3.05, 3.63) is 0 Å². The fraction of sp³-hybridized carbons (Fsp3) is 0.977. The zero-order valence-corrected chi connectivity index (χ0v) is 64.8. The van der Waals surface area contributed by atoms with Gasteiger partial charge in [0.15, 0.2) is 0 Å². The SMILES string of the molecule is CCCCCCCCCCCCCCCCCCCCCCCCCCCC(O)C(CO)NC(=O)CCCCCCCCCCCCCCCCCCCCCCCCCCCCCCCCCCCCCCCCCOC(=O)CCCCCCCCCCCCCCC. The molecule has 562 valence electrons. The Labute approximate surface area is 591 Å². The summed E-state index contributed by atoms with van der Waals surface area (Å²) in [6.07, 6.45) is 107. The summed E-state index contributed by atoms with van der Waals surface area (Å²) in [4.78, 5) is 24.7. The number of nitrogens with one attached hydrogen (secondary N) is 1. The molecule has 0 aromatic rings. The van der Waals surface area contributed by atoms with E-state index in [1.54, 1.807) is 0 Å². The molecule has 0 rings (SSSR count). The number of esters is 1. The third kappa shape index (κ3) is 79.8. The lowest BCUT2D eigenvalue weighted by Crippen LogP contribution is -2.45. The Bertz CT molecular complexity index is 1390. The molecular weight excluding hydrogens is 1150 g/mol. The largest absolute Gasteiger partial charge is 0.466 e. The van der Waals surface area contributed by atoms with Crippen LogP contribution in [0.3, 0.4) is 0 Å². The summed E-state index contributed by atoms with van der Waals surface area (Å²) in [7, 11) is 0. The Morgan fingerprint density at radius 1 is 0.255 bits per heavy atom. The Morgan fingerprint density at radius 3 is 0.649 bits per heavy atom. The molecule has 0 bridgehead atoms. The average Bonchev–Trinajstić information content (AvgIpc) is 3.79. The van der Waals surface area contributed by atoms with Crippen LogP contribution in [0.25, 0.3) is 0 Å². The molecule has 1 amide bonds. The van der Waals surface area contributed by atoms with E-state index in [4.69, 9.17) is 4.74 Å². The molecule has 0 saturated carbocycles. The number of unbranched alkanes of at least 4 members (excludes halogenated alkanes) is 74. The monoisotopic (exact) mass is 1330 g/mol. The van der Waals surface area contributed by atoms with Crippen LogP contribution < -0.4 is 5.32 Å². The molecule has 2 unspecified atom stereocenters. The molecule has 0 radical (unpaired) electrons. The van der Waals surface area contributed by atoms with Gasteiger partial charge in [-0.05, 0) is 25.7 Å². The Balaban J connectivity index is 3.29. The van der Waals surface area contributed by atoms with Gasteiger partial charge in [-0.1, -0.05) is 489 Å². The van der Waals surface area contributed by atoms with Crippen LogP contribution in [0.5, 0.6) is 0 Å². The average molecular weight is 1330 g/mol. The number of aliphatic hydroxyl groups is 2. The fourth-order valence-corrected chi connectivity index (χ4v) is 14.7. The number of carbonyl (C=O) groups excluding carboxylic acids is 2. The van der Waals surface area contributed by atoms with E-state index in [2.05, 4.69) is 19.2 Å². The van der Waals surface area contributed by atoms with E-state index < -0.39 is 12.1 Å². The second kappa shape index (κ2) is 84.3. The van der Waals surface area contributed by atoms with Crippen molar-refractivity contribution in [1.82, 2.24) is 5.32 Å².